The number of benzene rings is 1. The Morgan fingerprint density at radius 3 is 2.86 bits per heavy atom. The molecule has 3 N–H and O–H groups in total. The van der Waals surface area contributed by atoms with E-state index in [1.54, 1.807) is 0 Å². The Morgan fingerprint density at radius 2 is 2.14 bits per heavy atom. The van der Waals surface area contributed by atoms with Crippen LogP contribution in [0.2, 0.25) is 0 Å². The zero-order valence-corrected chi connectivity index (χ0v) is 13.0. The molecular weight excluding hydrogens is 262 g/mol. The van der Waals surface area contributed by atoms with E-state index in [0.29, 0.717) is 6.42 Å². The third-order valence-electron chi connectivity index (χ3n) is 3.88. The molecule has 1 aliphatic heterocycles. The Balaban J connectivity index is 1.81. The van der Waals surface area contributed by atoms with Crippen LogP contribution in [0.4, 0.5) is 5.69 Å². The number of carbonyl (C=O) groups excluding carboxylic acids is 1. The summed E-state index contributed by atoms with van der Waals surface area (Å²) in [6.07, 6.45) is 4.88. The minimum atomic E-state index is 0.0778. The molecule has 21 heavy (non-hydrogen) atoms. The summed E-state index contributed by atoms with van der Waals surface area (Å²) in [5.41, 5.74) is 7.86. The van der Waals surface area contributed by atoms with Crippen LogP contribution in [-0.2, 0) is 11.3 Å². The molecule has 0 spiro atoms. The minimum absolute atomic E-state index is 0.0778. The van der Waals surface area contributed by atoms with Gasteiger partial charge in [0.05, 0.1) is 0 Å². The Morgan fingerprint density at radius 1 is 1.38 bits per heavy atom. The molecule has 0 aromatic heterocycles. The lowest BCUT2D eigenvalue weighted by molar-refractivity contribution is -0.116. The summed E-state index contributed by atoms with van der Waals surface area (Å²) in [6.45, 7) is 5.33. The van der Waals surface area contributed by atoms with Crippen LogP contribution in [-0.4, -0.2) is 29.9 Å². The number of hydrogen-bond donors (Lipinski definition) is 2. The van der Waals surface area contributed by atoms with Crippen LogP contribution < -0.4 is 11.1 Å². The van der Waals surface area contributed by atoms with Gasteiger partial charge >= 0.3 is 0 Å². The van der Waals surface area contributed by atoms with Gasteiger partial charge in [0.25, 0.3) is 0 Å². The van der Waals surface area contributed by atoms with Gasteiger partial charge in [-0.3, -0.25) is 9.69 Å². The van der Waals surface area contributed by atoms with Crippen molar-refractivity contribution in [3.8, 4) is 0 Å². The Bertz CT molecular complexity index is 453. The van der Waals surface area contributed by atoms with Crippen LogP contribution in [0.3, 0.4) is 0 Å². The van der Waals surface area contributed by atoms with E-state index in [1.807, 2.05) is 19.1 Å². The number of rotatable bonds is 7. The lowest BCUT2D eigenvalue weighted by Crippen LogP contribution is -2.19. The molecule has 1 fully saturated rings. The van der Waals surface area contributed by atoms with Crippen LogP contribution in [0.25, 0.3) is 0 Å². The maximum absolute atomic E-state index is 11.9. The van der Waals surface area contributed by atoms with E-state index in [4.69, 9.17) is 5.73 Å². The molecule has 1 aliphatic rings. The summed E-state index contributed by atoms with van der Waals surface area (Å²) in [4.78, 5) is 14.3. The van der Waals surface area contributed by atoms with E-state index < -0.39 is 0 Å². The second-order valence-corrected chi connectivity index (χ2v) is 6.10. The van der Waals surface area contributed by atoms with Gasteiger partial charge in [-0.2, -0.15) is 0 Å². The minimum Gasteiger partial charge on any atom is -0.328 e. The van der Waals surface area contributed by atoms with E-state index in [2.05, 4.69) is 22.3 Å². The van der Waals surface area contributed by atoms with Gasteiger partial charge in [0, 0.05) is 24.7 Å². The zero-order chi connectivity index (χ0) is 15.1. The number of nitrogens with zero attached hydrogens (tertiary/aromatic N) is 1. The monoisotopic (exact) mass is 289 g/mol. The molecule has 4 nitrogen and oxygen atoms in total. The van der Waals surface area contributed by atoms with Gasteiger partial charge in [0.1, 0.15) is 0 Å². The van der Waals surface area contributed by atoms with Gasteiger partial charge in [-0.25, -0.2) is 0 Å². The van der Waals surface area contributed by atoms with E-state index in [-0.39, 0.29) is 11.9 Å². The highest BCUT2D eigenvalue weighted by molar-refractivity contribution is 5.90. The normalized spacial score (nSPS) is 16.9. The molecule has 2 rings (SSSR count). The van der Waals surface area contributed by atoms with E-state index in [1.165, 1.54) is 31.5 Å². The molecule has 1 unspecified atom stereocenters. The summed E-state index contributed by atoms with van der Waals surface area (Å²) in [6, 6.07) is 8.35. The van der Waals surface area contributed by atoms with E-state index in [0.717, 1.165) is 25.1 Å². The maximum atomic E-state index is 11.9. The van der Waals surface area contributed by atoms with Crippen molar-refractivity contribution in [1.29, 1.82) is 0 Å². The fourth-order valence-corrected chi connectivity index (χ4v) is 2.75. The predicted molar refractivity (Wildman–Crippen MR) is 87.1 cm³/mol. The second kappa shape index (κ2) is 8.15. The highest BCUT2D eigenvalue weighted by Gasteiger charge is 2.12. The summed E-state index contributed by atoms with van der Waals surface area (Å²) in [5.74, 6) is 0.0778. The third-order valence-corrected chi connectivity index (χ3v) is 3.88. The summed E-state index contributed by atoms with van der Waals surface area (Å²) in [5, 5.41) is 2.98. The topological polar surface area (TPSA) is 58.4 Å². The Kier molecular flexibility index (Phi) is 6.21. The lowest BCUT2D eigenvalue weighted by atomic mass is 10.1. The van der Waals surface area contributed by atoms with Gasteiger partial charge in [-0.1, -0.05) is 12.1 Å². The van der Waals surface area contributed by atoms with Crippen molar-refractivity contribution in [1.82, 2.24) is 4.90 Å². The van der Waals surface area contributed by atoms with Gasteiger partial charge in [0.15, 0.2) is 0 Å². The molecule has 0 aliphatic carbocycles. The number of likely N-dealkylation sites (tertiary alicyclic amines) is 1. The second-order valence-electron chi connectivity index (χ2n) is 6.10. The van der Waals surface area contributed by atoms with Gasteiger partial charge in [-0.05, 0) is 63.4 Å². The fraction of sp³-hybridized carbons (Fsp3) is 0.588. The molecule has 1 amide bonds. The number of anilines is 1. The quantitative estimate of drug-likeness (QED) is 0.811. The van der Waals surface area contributed by atoms with Crippen LogP contribution in [0.15, 0.2) is 24.3 Å². The van der Waals surface area contributed by atoms with Crippen molar-refractivity contribution in [2.75, 3.05) is 18.4 Å². The van der Waals surface area contributed by atoms with Gasteiger partial charge in [-0.15, -0.1) is 0 Å². The average Bonchev–Trinajstić information content (AvgIpc) is 2.91. The molecule has 0 radical (unpaired) electrons. The molecule has 1 heterocycles. The van der Waals surface area contributed by atoms with Crippen molar-refractivity contribution in [2.45, 2.75) is 51.6 Å². The molecular formula is C17H27N3O. The largest absolute Gasteiger partial charge is 0.328 e. The standard InChI is InChI=1S/C17H27N3O/c1-14(18)6-4-9-17(21)19-16-8-5-7-15(12-16)13-20-10-2-3-11-20/h5,7-8,12,14H,2-4,6,9-11,13,18H2,1H3,(H,19,21). The summed E-state index contributed by atoms with van der Waals surface area (Å²) in [7, 11) is 0. The summed E-state index contributed by atoms with van der Waals surface area (Å²) < 4.78 is 0. The number of amides is 1. The first-order valence-electron chi connectivity index (χ1n) is 8.00. The van der Waals surface area contributed by atoms with E-state index >= 15 is 0 Å². The van der Waals surface area contributed by atoms with Crippen LogP contribution in [0.1, 0.15) is 44.6 Å². The SMILES string of the molecule is CC(N)CCCC(=O)Nc1cccc(CN2CCCC2)c1. The smallest absolute Gasteiger partial charge is 0.224 e. The first kappa shape index (κ1) is 16.0. The molecule has 4 heteroatoms. The highest BCUT2D eigenvalue weighted by Crippen LogP contribution is 2.16. The number of hydrogen-bond acceptors (Lipinski definition) is 3. The fourth-order valence-electron chi connectivity index (χ4n) is 2.75. The maximum Gasteiger partial charge on any atom is 0.224 e. The molecule has 0 bridgehead atoms. The molecule has 1 atom stereocenters. The van der Waals surface area contributed by atoms with Crippen LogP contribution >= 0.6 is 0 Å². The average molecular weight is 289 g/mol. The van der Waals surface area contributed by atoms with Crippen molar-refractivity contribution in [3.05, 3.63) is 29.8 Å². The molecule has 0 saturated carbocycles. The third kappa shape index (κ3) is 5.86. The van der Waals surface area contributed by atoms with Crippen LogP contribution in [0, 0.1) is 0 Å². The van der Waals surface area contributed by atoms with Crippen molar-refractivity contribution < 1.29 is 4.79 Å². The summed E-state index contributed by atoms with van der Waals surface area (Å²) >= 11 is 0. The lowest BCUT2D eigenvalue weighted by Gasteiger charge is -2.15. The Hall–Kier alpha value is -1.39. The van der Waals surface area contributed by atoms with Crippen LogP contribution in [0.5, 0.6) is 0 Å². The van der Waals surface area contributed by atoms with Gasteiger partial charge < -0.3 is 11.1 Å². The molecule has 1 aromatic rings. The first-order valence-corrected chi connectivity index (χ1v) is 8.00. The highest BCUT2D eigenvalue weighted by atomic mass is 16.1. The van der Waals surface area contributed by atoms with Crippen molar-refractivity contribution >= 4 is 11.6 Å². The molecule has 1 saturated heterocycles. The van der Waals surface area contributed by atoms with E-state index in [9.17, 15) is 4.79 Å². The van der Waals surface area contributed by atoms with Crippen molar-refractivity contribution in [2.24, 2.45) is 5.73 Å². The molecule has 116 valence electrons. The number of nitrogens with one attached hydrogen (secondary N) is 1. The van der Waals surface area contributed by atoms with Gasteiger partial charge in [0.2, 0.25) is 5.91 Å². The Labute approximate surface area is 127 Å². The molecule has 1 aromatic carbocycles. The first-order chi connectivity index (χ1) is 10.1. The predicted octanol–water partition coefficient (Wildman–Crippen LogP) is 2.74. The van der Waals surface area contributed by atoms with Crippen molar-refractivity contribution in [3.63, 3.8) is 0 Å². The zero-order valence-electron chi connectivity index (χ0n) is 13.0. The number of carbonyl (C=O) groups is 1. The number of nitrogens with two attached hydrogens (primary N) is 1.